The lowest BCUT2D eigenvalue weighted by molar-refractivity contribution is -0.141. The zero-order chi connectivity index (χ0) is 25.6. The van der Waals surface area contributed by atoms with Gasteiger partial charge in [0, 0.05) is 31.5 Å². The van der Waals surface area contributed by atoms with Crippen LogP contribution in [0.5, 0.6) is 5.75 Å². The Balaban J connectivity index is 1.79. The molecule has 0 aromatic heterocycles. The Kier molecular flexibility index (Phi) is 11.0. The van der Waals surface area contributed by atoms with Gasteiger partial charge in [0.1, 0.15) is 17.6 Å². The van der Waals surface area contributed by atoms with E-state index in [2.05, 4.69) is 12.2 Å². The van der Waals surface area contributed by atoms with Crippen LogP contribution in [-0.4, -0.2) is 35.9 Å². The predicted octanol–water partition coefficient (Wildman–Crippen LogP) is 5.54. The van der Waals surface area contributed by atoms with Gasteiger partial charge < -0.3 is 15.0 Å². The van der Waals surface area contributed by atoms with Gasteiger partial charge in [0.25, 0.3) is 0 Å². The normalized spacial score (nSPS) is 11.5. The van der Waals surface area contributed by atoms with Crippen molar-refractivity contribution in [2.45, 2.75) is 51.6 Å². The van der Waals surface area contributed by atoms with E-state index in [1.54, 1.807) is 18.2 Å². The Bertz CT molecular complexity index is 1080. The van der Waals surface area contributed by atoms with Crippen LogP contribution in [-0.2, 0) is 22.6 Å². The maximum absolute atomic E-state index is 14.6. The molecule has 0 unspecified atom stereocenters. The van der Waals surface area contributed by atoms with Crippen LogP contribution in [0.2, 0.25) is 0 Å². The van der Waals surface area contributed by atoms with Crippen molar-refractivity contribution in [2.75, 3.05) is 13.2 Å². The molecule has 0 spiro atoms. The number of hydrogen-bond acceptors (Lipinski definition) is 3. The zero-order valence-electron chi connectivity index (χ0n) is 20.9. The van der Waals surface area contributed by atoms with Crippen LogP contribution in [0.15, 0.2) is 84.9 Å². The SMILES string of the molecule is CCCCNC(=O)[C@H](Cc1ccccc1)N(Cc1ccccc1F)C(=O)CCCOc1ccccc1. The molecule has 0 saturated carbocycles. The number of amides is 2. The summed E-state index contributed by atoms with van der Waals surface area (Å²) in [6.07, 6.45) is 2.82. The summed E-state index contributed by atoms with van der Waals surface area (Å²) >= 11 is 0. The summed E-state index contributed by atoms with van der Waals surface area (Å²) in [6.45, 7) is 2.98. The standard InChI is InChI=1S/C30H35FN2O3/c1-2-3-20-32-30(35)28(22-24-13-6-4-7-14-24)33(23-25-15-10-11-18-27(25)31)29(34)19-12-21-36-26-16-8-5-9-17-26/h4-11,13-18,28H,2-3,12,19-23H2,1H3,(H,32,35)/t28-/m0/s1. The average molecular weight is 491 g/mol. The third-order valence-corrected chi connectivity index (χ3v) is 5.95. The summed E-state index contributed by atoms with van der Waals surface area (Å²) in [4.78, 5) is 28.4. The molecule has 3 aromatic rings. The number of nitrogens with zero attached hydrogens (tertiary/aromatic N) is 1. The molecule has 2 amide bonds. The molecule has 1 N–H and O–H groups in total. The van der Waals surface area contributed by atoms with Gasteiger partial charge in [-0.15, -0.1) is 0 Å². The molecular formula is C30H35FN2O3. The van der Waals surface area contributed by atoms with E-state index < -0.39 is 11.9 Å². The third-order valence-electron chi connectivity index (χ3n) is 5.95. The summed E-state index contributed by atoms with van der Waals surface area (Å²) in [7, 11) is 0. The lowest BCUT2D eigenvalue weighted by Gasteiger charge is -2.32. The second-order valence-corrected chi connectivity index (χ2v) is 8.73. The van der Waals surface area contributed by atoms with Crippen LogP contribution in [0.25, 0.3) is 0 Å². The molecule has 0 saturated heterocycles. The van der Waals surface area contributed by atoms with Crippen molar-refractivity contribution in [3.05, 3.63) is 102 Å². The minimum atomic E-state index is -0.758. The van der Waals surface area contributed by atoms with E-state index in [0.717, 1.165) is 24.2 Å². The van der Waals surface area contributed by atoms with Gasteiger partial charge in [-0.05, 0) is 36.6 Å². The smallest absolute Gasteiger partial charge is 0.243 e. The largest absolute Gasteiger partial charge is 0.494 e. The Morgan fingerprint density at radius 1 is 0.917 bits per heavy atom. The van der Waals surface area contributed by atoms with Crippen molar-refractivity contribution < 1.29 is 18.7 Å². The molecule has 0 aliphatic heterocycles. The third kappa shape index (κ3) is 8.52. The highest BCUT2D eigenvalue weighted by Gasteiger charge is 2.30. The van der Waals surface area contributed by atoms with Crippen molar-refractivity contribution in [1.29, 1.82) is 0 Å². The van der Waals surface area contributed by atoms with Crippen molar-refractivity contribution in [3.8, 4) is 5.75 Å². The molecule has 0 radical (unpaired) electrons. The second kappa shape index (κ2) is 14.7. The molecule has 1 atom stereocenters. The Labute approximate surface area is 213 Å². The molecule has 5 nitrogen and oxygen atoms in total. The minimum absolute atomic E-state index is 0.0176. The zero-order valence-corrected chi connectivity index (χ0v) is 20.9. The van der Waals surface area contributed by atoms with Gasteiger partial charge in [-0.1, -0.05) is 80.1 Å². The van der Waals surface area contributed by atoms with Crippen LogP contribution in [0.4, 0.5) is 4.39 Å². The molecular weight excluding hydrogens is 455 g/mol. The lowest BCUT2D eigenvalue weighted by atomic mass is 10.0. The molecule has 0 bridgehead atoms. The van der Waals surface area contributed by atoms with E-state index in [1.807, 2.05) is 60.7 Å². The van der Waals surface area contributed by atoms with E-state index in [9.17, 15) is 14.0 Å². The Morgan fingerprint density at radius 3 is 2.28 bits per heavy atom. The van der Waals surface area contributed by atoms with Gasteiger partial charge in [0.15, 0.2) is 0 Å². The first-order valence-corrected chi connectivity index (χ1v) is 12.6. The lowest BCUT2D eigenvalue weighted by Crippen LogP contribution is -2.50. The van der Waals surface area contributed by atoms with E-state index >= 15 is 0 Å². The summed E-state index contributed by atoms with van der Waals surface area (Å²) in [5.74, 6) is -0.0861. The molecule has 0 aliphatic carbocycles. The van der Waals surface area contributed by atoms with Gasteiger partial charge >= 0.3 is 0 Å². The van der Waals surface area contributed by atoms with Gasteiger partial charge in [-0.3, -0.25) is 9.59 Å². The van der Waals surface area contributed by atoms with Crippen LogP contribution >= 0.6 is 0 Å². The number of carbonyl (C=O) groups excluding carboxylic acids is 2. The molecule has 0 fully saturated rings. The number of ether oxygens (including phenoxy) is 1. The minimum Gasteiger partial charge on any atom is -0.494 e. The molecule has 6 heteroatoms. The fourth-order valence-corrected chi connectivity index (χ4v) is 3.94. The van der Waals surface area contributed by atoms with E-state index in [0.29, 0.717) is 31.6 Å². The quantitative estimate of drug-likeness (QED) is 0.302. The summed E-state index contributed by atoms with van der Waals surface area (Å²) in [5.41, 5.74) is 1.32. The van der Waals surface area contributed by atoms with Crippen molar-refractivity contribution >= 4 is 11.8 Å². The number of carbonyl (C=O) groups is 2. The highest BCUT2D eigenvalue weighted by Crippen LogP contribution is 2.18. The highest BCUT2D eigenvalue weighted by molar-refractivity contribution is 5.88. The molecule has 0 heterocycles. The van der Waals surface area contributed by atoms with Gasteiger partial charge in [0.2, 0.25) is 11.8 Å². The number of nitrogens with one attached hydrogen (secondary N) is 1. The number of hydrogen-bond donors (Lipinski definition) is 1. The molecule has 0 aliphatic rings. The Hall–Kier alpha value is -3.67. The maximum Gasteiger partial charge on any atom is 0.243 e. The summed E-state index contributed by atoms with van der Waals surface area (Å²) < 4.78 is 20.3. The average Bonchev–Trinajstić information content (AvgIpc) is 2.91. The molecule has 190 valence electrons. The van der Waals surface area contributed by atoms with Crippen molar-refractivity contribution in [3.63, 3.8) is 0 Å². The molecule has 36 heavy (non-hydrogen) atoms. The highest BCUT2D eigenvalue weighted by atomic mass is 19.1. The van der Waals surface area contributed by atoms with Crippen LogP contribution in [0, 0.1) is 5.82 Å². The number of rotatable bonds is 14. The van der Waals surface area contributed by atoms with Gasteiger partial charge in [-0.25, -0.2) is 4.39 Å². The number of halogens is 1. The van der Waals surface area contributed by atoms with Crippen LogP contribution in [0.1, 0.15) is 43.7 Å². The van der Waals surface area contributed by atoms with Crippen LogP contribution in [0.3, 0.4) is 0 Å². The summed E-state index contributed by atoms with van der Waals surface area (Å²) in [6, 6.07) is 24.6. The maximum atomic E-state index is 14.6. The van der Waals surface area contributed by atoms with Crippen LogP contribution < -0.4 is 10.1 Å². The van der Waals surface area contributed by atoms with E-state index in [-0.39, 0.29) is 24.8 Å². The topological polar surface area (TPSA) is 58.6 Å². The number of para-hydroxylation sites is 1. The van der Waals surface area contributed by atoms with Gasteiger partial charge in [-0.2, -0.15) is 0 Å². The predicted molar refractivity (Wildman–Crippen MR) is 140 cm³/mol. The fourth-order valence-electron chi connectivity index (χ4n) is 3.94. The number of benzene rings is 3. The fraction of sp³-hybridized carbons (Fsp3) is 0.333. The summed E-state index contributed by atoms with van der Waals surface area (Å²) in [5, 5.41) is 2.98. The van der Waals surface area contributed by atoms with Crippen molar-refractivity contribution in [1.82, 2.24) is 10.2 Å². The van der Waals surface area contributed by atoms with E-state index in [1.165, 1.54) is 11.0 Å². The number of unbranched alkanes of at least 4 members (excludes halogenated alkanes) is 1. The van der Waals surface area contributed by atoms with Gasteiger partial charge in [0.05, 0.1) is 6.61 Å². The van der Waals surface area contributed by atoms with Crippen molar-refractivity contribution in [2.24, 2.45) is 0 Å². The molecule has 3 rings (SSSR count). The monoisotopic (exact) mass is 490 g/mol. The first-order chi connectivity index (χ1) is 17.6. The van der Waals surface area contributed by atoms with E-state index in [4.69, 9.17) is 4.74 Å². The molecule has 3 aromatic carbocycles. The Morgan fingerprint density at radius 2 is 1.58 bits per heavy atom. The second-order valence-electron chi connectivity index (χ2n) is 8.73. The first kappa shape index (κ1) is 26.9. The first-order valence-electron chi connectivity index (χ1n) is 12.6.